The molecule has 0 spiro atoms. The van der Waals surface area contributed by atoms with Crippen molar-refractivity contribution in [2.24, 2.45) is 5.73 Å². The molecule has 0 fully saturated rings. The summed E-state index contributed by atoms with van der Waals surface area (Å²) in [6, 6.07) is 6.57. The van der Waals surface area contributed by atoms with Crippen LogP contribution in [0.2, 0.25) is 0 Å². The number of carboxylic acid groups (broad SMARTS) is 1. The predicted molar refractivity (Wildman–Crippen MR) is 71.2 cm³/mol. The van der Waals surface area contributed by atoms with E-state index in [1.54, 1.807) is 0 Å². The van der Waals surface area contributed by atoms with Crippen LogP contribution in [0, 0.1) is 0 Å². The van der Waals surface area contributed by atoms with Gasteiger partial charge in [0.05, 0.1) is 0 Å². The third-order valence-electron chi connectivity index (χ3n) is 1.99. The van der Waals surface area contributed by atoms with E-state index in [0.717, 1.165) is 10.5 Å². The molecule has 5 nitrogen and oxygen atoms in total. The first kappa shape index (κ1) is 14.9. The van der Waals surface area contributed by atoms with Crippen LogP contribution in [-0.2, 0) is 20.9 Å². The van der Waals surface area contributed by atoms with E-state index >= 15 is 0 Å². The lowest BCUT2D eigenvalue weighted by Crippen LogP contribution is -2.32. The van der Waals surface area contributed by atoms with Crippen molar-refractivity contribution in [3.05, 3.63) is 29.8 Å². The van der Waals surface area contributed by atoms with E-state index in [2.05, 4.69) is 0 Å². The molecule has 1 atom stereocenters. The fraction of sp³-hybridized carbons (Fsp3) is 0.273. The molecular weight excluding hydrogens is 274 g/mol. The van der Waals surface area contributed by atoms with Gasteiger partial charge in [-0.25, -0.2) is 0 Å². The molecule has 0 aliphatic heterocycles. The van der Waals surface area contributed by atoms with Gasteiger partial charge in [0.15, 0.2) is 0 Å². The fourth-order valence-electron chi connectivity index (χ4n) is 1.07. The lowest BCUT2D eigenvalue weighted by molar-refractivity contribution is -0.138. The van der Waals surface area contributed by atoms with Crippen molar-refractivity contribution in [3.8, 4) is 0 Å². The number of aliphatic carboxylic acids is 1. The highest BCUT2D eigenvalue weighted by molar-refractivity contribution is 8.76. The molecule has 98 valence electrons. The average Bonchev–Trinajstić information content (AvgIpc) is 2.37. The molecule has 0 aliphatic rings. The lowest BCUT2D eigenvalue weighted by atomic mass is 10.2. The zero-order chi connectivity index (χ0) is 13.4. The largest absolute Gasteiger partial charge is 0.480 e. The van der Waals surface area contributed by atoms with Crippen molar-refractivity contribution in [1.82, 2.24) is 0 Å². The van der Waals surface area contributed by atoms with Crippen LogP contribution in [-0.4, -0.2) is 29.3 Å². The maximum absolute atomic E-state index is 10.5. The number of ether oxygens (including phenoxy) is 1. The van der Waals surface area contributed by atoms with Crippen LogP contribution in [0.1, 0.15) is 5.56 Å². The summed E-state index contributed by atoms with van der Waals surface area (Å²) in [6.07, 6.45) is 0. The number of benzene rings is 1. The summed E-state index contributed by atoms with van der Waals surface area (Å²) in [7, 11) is 2.78. The van der Waals surface area contributed by atoms with Crippen molar-refractivity contribution in [1.29, 1.82) is 0 Å². The third-order valence-corrected chi connectivity index (χ3v) is 4.48. The Hall–Kier alpha value is -1.18. The first-order valence-corrected chi connectivity index (χ1v) is 7.38. The number of hydrogen-bond donors (Lipinski definition) is 2. The first-order chi connectivity index (χ1) is 8.65. The molecule has 0 bridgehead atoms. The molecule has 0 radical (unpaired) electrons. The van der Waals surface area contributed by atoms with E-state index in [0.29, 0.717) is 12.2 Å². The molecule has 1 rings (SSSR count). The van der Waals surface area contributed by atoms with Crippen LogP contribution in [0.25, 0.3) is 0 Å². The van der Waals surface area contributed by atoms with E-state index in [1.165, 1.54) is 21.6 Å². The van der Waals surface area contributed by atoms with Gasteiger partial charge in [-0.3, -0.25) is 9.59 Å². The monoisotopic (exact) mass is 287 g/mol. The molecule has 1 aromatic rings. The minimum absolute atomic E-state index is 0.207. The van der Waals surface area contributed by atoms with Crippen LogP contribution in [0.4, 0.5) is 0 Å². The van der Waals surface area contributed by atoms with Crippen LogP contribution in [0.15, 0.2) is 29.2 Å². The van der Waals surface area contributed by atoms with Gasteiger partial charge in [-0.2, -0.15) is 0 Å². The highest BCUT2D eigenvalue weighted by Crippen LogP contribution is 2.33. The predicted octanol–water partition coefficient (Wildman–Crippen LogP) is 1.51. The molecule has 0 aromatic heterocycles. The third kappa shape index (κ3) is 4.99. The number of carbonyl (C=O) groups excluding carboxylic acids is 1. The average molecular weight is 287 g/mol. The maximum atomic E-state index is 10.5. The fourth-order valence-corrected chi connectivity index (χ4v) is 3.44. The first-order valence-electron chi connectivity index (χ1n) is 5.06. The van der Waals surface area contributed by atoms with Gasteiger partial charge in [0.2, 0.25) is 0 Å². The summed E-state index contributed by atoms with van der Waals surface area (Å²) in [5.41, 5.74) is 6.27. The molecule has 3 N–H and O–H groups in total. The SMILES string of the molecule is NC(CSSc1ccccc1COC=O)C(=O)O. The Balaban J connectivity index is 2.50. The second-order valence-electron chi connectivity index (χ2n) is 3.33. The topological polar surface area (TPSA) is 89.6 Å². The molecule has 7 heteroatoms. The normalized spacial score (nSPS) is 11.8. The van der Waals surface area contributed by atoms with Crippen molar-refractivity contribution in [2.45, 2.75) is 17.5 Å². The van der Waals surface area contributed by atoms with Crippen LogP contribution >= 0.6 is 21.6 Å². The van der Waals surface area contributed by atoms with Gasteiger partial charge in [-0.1, -0.05) is 39.8 Å². The minimum Gasteiger partial charge on any atom is -0.480 e. The summed E-state index contributed by atoms with van der Waals surface area (Å²) in [6.45, 7) is 0.604. The Morgan fingerprint density at radius 2 is 2.22 bits per heavy atom. The molecule has 1 aromatic carbocycles. The molecule has 0 saturated heterocycles. The van der Waals surface area contributed by atoms with Crippen LogP contribution in [0.5, 0.6) is 0 Å². The number of rotatable bonds is 8. The lowest BCUT2D eigenvalue weighted by Gasteiger charge is -2.08. The van der Waals surface area contributed by atoms with Crippen molar-refractivity contribution in [3.63, 3.8) is 0 Å². The Kier molecular flexibility index (Phi) is 6.63. The Morgan fingerprint density at radius 3 is 2.89 bits per heavy atom. The minimum atomic E-state index is -1.01. The molecule has 0 aliphatic carbocycles. The molecule has 0 heterocycles. The summed E-state index contributed by atoms with van der Waals surface area (Å²) < 4.78 is 4.70. The maximum Gasteiger partial charge on any atom is 0.321 e. The highest BCUT2D eigenvalue weighted by atomic mass is 33.1. The van der Waals surface area contributed by atoms with Crippen LogP contribution < -0.4 is 5.73 Å². The van der Waals surface area contributed by atoms with Crippen molar-refractivity contribution >= 4 is 34.0 Å². The number of carboxylic acids is 1. The Morgan fingerprint density at radius 1 is 1.50 bits per heavy atom. The van der Waals surface area contributed by atoms with Crippen molar-refractivity contribution < 1.29 is 19.4 Å². The van der Waals surface area contributed by atoms with Gasteiger partial charge < -0.3 is 15.6 Å². The Labute approximate surface area is 112 Å². The van der Waals surface area contributed by atoms with E-state index < -0.39 is 12.0 Å². The molecule has 18 heavy (non-hydrogen) atoms. The molecule has 1 unspecified atom stereocenters. The number of nitrogens with two attached hydrogens (primary N) is 1. The standard InChI is InChI=1S/C11H13NO4S2/c12-9(11(14)15)6-17-18-10-4-2-1-3-8(10)5-16-7-13/h1-4,7,9H,5-6,12H2,(H,14,15). The second-order valence-corrected chi connectivity index (χ2v) is 5.71. The van der Waals surface area contributed by atoms with Gasteiger partial charge in [-0.05, 0) is 6.07 Å². The van der Waals surface area contributed by atoms with Gasteiger partial charge in [-0.15, -0.1) is 0 Å². The van der Waals surface area contributed by atoms with Gasteiger partial charge in [0.25, 0.3) is 6.47 Å². The van der Waals surface area contributed by atoms with Crippen LogP contribution in [0.3, 0.4) is 0 Å². The van der Waals surface area contributed by atoms with E-state index in [9.17, 15) is 9.59 Å². The number of hydrogen-bond acceptors (Lipinski definition) is 6. The Bertz CT molecular complexity index is 414. The van der Waals surface area contributed by atoms with Gasteiger partial charge in [0, 0.05) is 16.2 Å². The molecular formula is C11H13NO4S2. The molecule has 0 amide bonds. The summed E-state index contributed by atoms with van der Waals surface area (Å²) in [5, 5.41) is 8.64. The van der Waals surface area contributed by atoms with E-state index in [1.807, 2.05) is 24.3 Å². The quantitative estimate of drug-likeness (QED) is 0.553. The number of carbonyl (C=O) groups is 2. The van der Waals surface area contributed by atoms with Gasteiger partial charge in [0.1, 0.15) is 12.6 Å². The van der Waals surface area contributed by atoms with E-state index in [4.69, 9.17) is 15.6 Å². The summed E-state index contributed by atoms with van der Waals surface area (Å²) in [5.74, 6) is -0.705. The summed E-state index contributed by atoms with van der Waals surface area (Å²) >= 11 is 0. The zero-order valence-corrected chi connectivity index (χ0v) is 11.1. The van der Waals surface area contributed by atoms with Gasteiger partial charge >= 0.3 is 5.97 Å². The molecule has 0 saturated carbocycles. The highest BCUT2D eigenvalue weighted by Gasteiger charge is 2.12. The van der Waals surface area contributed by atoms with Crippen molar-refractivity contribution in [2.75, 3.05) is 5.75 Å². The second kappa shape index (κ2) is 8.02. The smallest absolute Gasteiger partial charge is 0.321 e. The summed E-state index contributed by atoms with van der Waals surface area (Å²) in [4.78, 5) is 21.6. The zero-order valence-electron chi connectivity index (χ0n) is 9.44. The van der Waals surface area contributed by atoms with E-state index in [-0.39, 0.29) is 6.61 Å².